The zero-order valence-corrected chi connectivity index (χ0v) is 7.26. The molecule has 0 heterocycles. The zero-order chi connectivity index (χ0) is 9.68. The van der Waals surface area contributed by atoms with Gasteiger partial charge in [0, 0.05) is 0 Å². The zero-order valence-electron chi connectivity index (χ0n) is 7.26. The first-order valence-corrected chi connectivity index (χ1v) is 3.99. The molecular formula is C10H10F2O. The SMILES string of the molecule is CCc1ccc(O/C(F)=C/F)cc1. The summed E-state index contributed by atoms with van der Waals surface area (Å²) >= 11 is 0. The summed E-state index contributed by atoms with van der Waals surface area (Å²) < 4.78 is 28.3. The monoisotopic (exact) mass is 184 g/mol. The van der Waals surface area contributed by atoms with E-state index in [0.29, 0.717) is 5.75 Å². The van der Waals surface area contributed by atoms with Crippen LogP contribution in [0.4, 0.5) is 8.78 Å². The van der Waals surface area contributed by atoms with Crippen molar-refractivity contribution in [3.8, 4) is 5.75 Å². The van der Waals surface area contributed by atoms with Crippen molar-refractivity contribution < 1.29 is 13.5 Å². The van der Waals surface area contributed by atoms with E-state index < -0.39 is 6.01 Å². The maximum atomic E-state index is 12.3. The molecule has 0 N–H and O–H groups in total. The molecule has 0 aliphatic rings. The van der Waals surface area contributed by atoms with Crippen molar-refractivity contribution in [1.29, 1.82) is 0 Å². The summed E-state index contributed by atoms with van der Waals surface area (Å²) in [5.41, 5.74) is 1.12. The van der Waals surface area contributed by atoms with Crippen molar-refractivity contribution in [3.63, 3.8) is 0 Å². The van der Waals surface area contributed by atoms with Crippen LogP contribution < -0.4 is 4.74 Å². The van der Waals surface area contributed by atoms with E-state index in [1.807, 2.05) is 6.92 Å². The van der Waals surface area contributed by atoms with Gasteiger partial charge in [0.1, 0.15) is 5.75 Å². The maximum Gasteiger partial charge on any atom is 0.306 e. The van der Waals surface area contributed by atoms with Crippen molar-refractivity contribution >= 4 is 0 Å². The molecule has 3 heteroatoms. The second kappa shape index (κ2) is 4.60. The van der Waals surface area contributed by atoms with E-state index in [0.717, 1.165) is 12.0 Å². The predicted molar refractivity (Wildman–Crippen MR) is 46.7 cm³/mol. The highest BCUT2D eigenvalue weighted by molar-refractivity contribution is 5.28. The van der Waals surface area contributed by atoms with Crippen LogP contribution in [0.5, 0.6) is 5.75 Å². The number of benzene rings is 1. The quantitative estimate of drug-likeness (QED) is 0.654. The van der Waals surface area contributed by atoms with Gasteiger partial charge in [-0.25, -0.2) is 4.39 Å². The molecule has 0 saturated heterocycles. The first-order valence-electron chi connectivity index (χ1n) is 3.99. The summed E-state index contributed by atoms with van der Waals surface area (Å²) in [6.45, 7) is 2.01. The molecule has 0 aliphatic heterocycles. The lowest BCUT2D eigenvalue weighted by Gasteiger charge is -2.01. The number of aryl methyl sites for hydroxylation is 1. The van der Waals surface area contributed by atoms with Crippen LogP contribution in [0.1, 0.15) is 12.5 Å². The van der Waals surface area contributed by atoms with E-state index in [4.69, 9.17) is 0 Å². The van der Waals surface area contributed by atoms with Gasteiger partial charge < -0.3 is 4.74 Å². The van der Waals surface area contributed by atoms with E-state index in [9.17, 15) is 8.78 Å². The van der Waals surface area contributed by atoms with Crippen LogP contribution in [0.3, 0.4) is 0 Å². The third-order valence-electron chi connectivity index (χ3n) is 1.63. The first kappa shape index (κ1) is 9.71. The van der Waals surface area contributed by atoms with Crippen molar-refractivity contribution in [2.24, 2.45) is 0 Å². The second-order valence-corrected chi connectivity index (χ2v) is 2.51. The van der Waals surface area contributed by atoms with Crippen LogP contribution in [-0.4, -0.2) is 0 Å². The lowest BCUT2D eigenvalue weighted by atomic mass is 10.2. The summed E-state index contributed by atoms with van der Waals surface area (Å²) in [4.78, 5) is 0. The molecule has 1 aromatic rings. The minimum absolute atomic E-state index is 0.215. The molecule has 0 aliphatic carbocycles. The van der Waals surface area contributed by atoms with Gasteiger partial charge in [-0.15, -0.1) is 0 Å². The molecule has 0 saturated carbocycles. The van der Waals surface area contributed by atoms with Gasteiger partial charge in [0.15, 0.2) is 6.33 Å². The Labute approximate surface area is 75.6 Å². The van der Waals surface area contributed by atoms with Gasteiger partial charge in [-0.1, -0.05) is 19.1 Å². The average Bonchev–Trinajstić information content (AvgIpc) is 2.19. The largest absolute Gasteiger partial charge is 0.430 e. The van der Waals surface area contributed by atoms with Crippen LogP contribution >= 0.6 is 0 Å². The molecule has 0 amide bonds. The predicted octanol–water partition coefficient (Wildman–Crippen LogP) is 3.37. The van der Waals surface area contributed by atoms with Crippen molar-refractivity contribution in [1.82, 2.24) is 0 Å². The molecule has 1 nitrogen and oxygen atoms in total. The van der Waals surface area contributed by atoms with Crippen molar-refractivity contribution in [3.05, 3.63) is 42.2 Å². The Kier molecular flexibility index (Phi) is 3.43. The number of hydrogen-bond acceptors (Lipinski definition) is 1. The molecule has 0 bridgehead atoms. The van der Waals surface area contributed by atoms with Crippen LogP contribution in [0.2, 0.25) is 0 Å². The summed E-state index contributed by atoms with van der Waals surface area (Å²) in [6.07, 6.45) is 0.690. The van der Waals surface area contributed by atoms with Gasteiger partial charge in [0.2, 0.25) is 0 Å². The van der Waals surface area contributed by atoms with E-state index in [1.54, 1.807) is 24.3 Å². The van der Waals surface area contributed by atoms with Crippen LogP contribution in [0.15, 0.2) is 36.6 Å². The van der Waals surface area contributed by atoms with Gasteiger partial charge >= 0.3 is 6.01 Å². The fourth-order valence-electron chi connectivity index (χ4n) is 0.928. The molecule has 0 spiro atoms. The normalized spacial score (nSPS) is 11.5. The van der Waals surface area contributed by atoms with E-state index >= 15 is 0 Å². The van der Waals surface area contributed by atoms with Crippen molar-refractivity contribution in [2.45, 2.75) is 13.3 Å². The molecule has 1 aromatic carbocycles. The lowest BCUT2D eigenvalue weighted by Crippen LogP contribution is -1.88. The van der Waals surface area contributed by atoms with Gasteiger partial charge in [0.05, 0.1) is 0 Å². The Morgan fingerprint density at radius 3 is 2.46 bits per heavy atom. The number of ether oxygens (including phenoxy) is 1. The Bertz CT molecular complexity index is 290. The lowest BCUT2D eigenvalue weighted by molar-refractivity contribution is 0.289. The molecule has 0 fully saturated rings. The smallest absolute Gasteiger partial charge is 0.306 e. The molecule has 1 rings (SSSR count). The fraction of sp³-hybridized carbons (Fsp3) is 0.200. The van der Waals surface area contributed by atoms with Crippen molar-refractivity contribution in [2.75, 3.05) is 0 Å². The topological polar surface area (TPSA) is 9.23 Å². The number of hydrogen-bond donors (Lipinski definition) is 0. The third kappa shape index (κ3) is 2.86. The van der Waals surface area contributed by atoms with Gasteiger partial charge in [0.25, 0.3) is 0 Å². The summed E-state index contributed by atoms with van der Waals surface area (Å²) in [5.74, 6) is 0.295. The van der Waals surface area contributed by atoms with Crippen LogP contribution in [0.25, 0.3) is 0 Å². The van der Waals surface area contributed by atoms with E-state index in [-0.39, 0.29) is 6.33 Å². The first-order chi connectivity index (χ1) is 6.26. The Morgan fingerprint density at radius 2 is 2.00 bits per heavy atom. The third-order valence-corrected chi connectivity index (χ3v) is 1.63. The van der Waals surface area contributed by atoms with Gasteiger partial charge in [-0.2, -0.15) is 4.39 Å². The Morgan fingerprint density at radius 1 is 1.38 bits per heavy atom. The summed E-state index contributed by atoms with van der Waals surface area (Å²) in [6, 6.07) is 5.58. The molecule has 0 unspecified atom stereocenters. The highest BCUT2D eigenvalue weighted by Crippen LogP contribution is 2.15. The minimum atomic E-state index is -1.23. The molecule has 0 atom stereocenters. The van der Waals surface area contributed by atoms with Gasteiger partial charge in [-0.05, 0) is 24.1 Å². The van der Waals surface area contributed by atoms with Gasteiger partial charge in [-0.3, -0.25) is 0 Å². The van der Waals surface area contributed by atoms with Crippen LogP contribution in [-0.2, 0) is 6.42 Å². The maximum absolute atomic E-state index is 12.3. The molecular weight excluding hydrogens is 174 g/mol. The molecule has 13 heavy (non-hydrogen) atoms. The fourth-order valence-corrected chi connectivity index (χ4v) is 0.928. The van der Waals surface area contributed by atoms with E-state index in [1.165, 1.54) is 0 Å². The Hall–Kier alpha value is -1.38. The highest BCUT2D eigenvalue weighted by Gasteiger charge is 1.98. The molecule has 70 valence electrons. The second-order valence-electron chi connectivity index (χ2n) is 2.51. The highest BCUT2D eigenvalue weighted by atomic mass is 19.2. The standard InChI is InChI=1S/C10H10F2O/c1-2-8-3-5-9(6-4-8)13-10(12)7-11/h3-7H,2H2,1H3/b10-7+. The number of rotatable bonds is 3. The average molecular weight is 184 g/mol. The molecule has 0 aromatic heterocycles. The van der Waals surface area contributed by atoms with E-state index in [2.05, 4.69) is 4.74 Å². The minimum Gasteiger partial charge on any atom is -0.430 e. The Balaban J connectivity index is 2.69. The van der Waals surface area contributed by atoms with Crippen LogP contribution in [0, 0.1) is 0 Å². The number of halogens is 2. The molecule has 0 radical (unpaired) electrons. The summed E-state index contributed by atoms with van der Waals surface area (Å²) in [7, 11) is 0. The summed E-state index contributed by atoms with van der Waals surface area (Å²) in [5, 5.41) is 0.